The zero-order chi connectivity index (χ0) is 13.5. The van der Waals surface area contributed by atoms with Crippen molar-refractivity contribution in [3.63, 3.8) is 0 Å². The smallest absolute Gasteiger partial charge is 0.163 e. The summed E-state index contributed by atoms with van der Waals surface area (Å²) in [5.74, 6) is 0.206. The molecule has 19 heavy (non-hydrogen) atoms. The van der Waals surface area contributed by atoms with Gasteiger partial charge in [-0.1, -0.05) is 67.6 Å². The van der Waals surface area contributed by atoms with Crippen molar-refractivity contribution in [1.82, 2.24) is 0 Å². The average molecular weight is 250 g/mol. The highest BCUT2D eigenvalue weighted by atomic mass is 16.1. The second-order valence-corrected chi connectivity index (χ2v) is 4.51. The summed E-state index contributed by atoms with van der Waals surface area (Å²) in [7, 11) is 0. The van der Waals surface area contributed by atoms with E-state index in [1.807, 2.05) is 73.7 Å². The predicted molar refractivity (Wildman–Crippen MR) is 80.7 cm³/mol. The van der Waals surface area contributed by atoms with Crippen molar-refractivity contribution >= 4 is 17.4 Å². The van der Waals surface area contributed by atoms with E-state index in [2.05, 4.69) is 0 Å². The standard InChI is InChI=1S/C18H18O/c1-2-9-18(19)17(16-12-7-4-8-13-16)14-15-10-5-3-6-11-15/h3-8,10-14H,2,9H2,1H3/b17-14-. The van der Waals surface area contributed by atoms with Crippen LogP contribution in [0.5, 0.6) is 0 Å². The fourth-order valence-corrected chi connectivity index (χ4v) is 2.02. The molecule has 96 valence electrons. The number of Topliss-reactive ketones (excluding diaryl/α,β-unsaturated/α-hetero) is 1. The van der Waals surface area contributed by atoms with Gasteiger partial charge in [-0.3, -0.25) is 4.79 Å². The Bertz CT molecular complexity index is 553. The Balaban J connectivity index is 2.41. The van der Waals surface area contributed by atoms with Crippen molar-refractivity contribution in [2.45, 2.75) is 19.8 Å². The summed E-state index contributed by atoms with van der Waals surface area (Å²) in [6, 6.07) is 19.9. The SMILES string of the molecule is CCCC(=O)/C(=C\c1ccccc1)c1ccccc1. The van der Waals surface area contributed by atoms with E-state index in [0.717, 1.165) is 23.1 Å². The summed E-state index contributed by atoms with van der Waals surface area (Å²) >= 11 is 0. The highest BCUT2D eigenvalue weighted by molar-refractivity contribution is 6.25. The largest absolute Gasteiger partial charge is 0.294 e. The number of benzene rings is 2. The number of ketones is 1. The molecule has 0 aromatic heterocycles. The number of allylic oxidation sites excluding steroid dienone is 1. The first-order valence-corrected chi connectivity index (χ1v) is 6.66. The lowest BCUT2D eigenvalue weighted by Crippen LogP contribution is -2.01. The fraction of sp³-hybridized carbons (Fsp3) is 0.167. The first kappa shape index (κ1) is 13.3. The molecule has 0 amide bonds. The Morgan fingerprint density at radius 3 is 2.11 bits per heavy atom. The van der Waals surface area contributed by atoms with Gasteiger partial charge in [-0.05, 0) is 23.6 Å². The molecule has 0 aliphatic carbocycles. The molecule has 0 aliphatic rings. The quantitative estimate of drug-likeness (QED) is 0.560. The van der Waals surface area contributed by atoms with E-state index < -0.39 is 0 Å². The molecule has 2 aromatic rings. The monoisotopic (exact) mass is 250 g/mol. The number of hydrogen-bond acceptors (Lipinski definition) is 1. The first-order valence-electron chi connectivity index (χ1n) is 6.66. The van der Waals surface area contributed by atoms with E-state index in [1.165, 1.54) is 0 Å². The molecule has 0 atom stereocenters. The Kier molecular flexibility index (Phi) is 4.68. The van der Waals surface area contributed by atoms with Crippen LogP contribution in [0.4, 0.5) is 0 Å². The van der Waals surface area contributed by atoms with Gasteiger partial charge in [-0.15, -0.1) is 0 Å². The highest BCUT2D eigenvalue weighted by Gasteiger charge is 2.10. The van der Waals surface area contributed by atoms with E-state index in [0.29, 0.717) is 6.42 Å². The van der Waals surface area contributed by atoms with Crippen molar-refractivity contribution in [3.8, 4) is 0 Å². The van der Waals surface area contributed by atoms with Crippen molar-refractivity contribution in [1.29, 1.82) is 0 Å². The maximum atomic E-state index is 12.3. The topological polar surface area (TPSA) is 17.1 Å². The fourth-order valence-electron chi connectivity index (χ4n) is 2.02. The maximum absolute atomic E-state index is 12.3. The molecule has 2 aromatic carbocycles. The normalized spacial score (nSPS) is 11.3. The van der Waals surface area contributed by atoms with Gasteiger partial charge in [0.05, 0.1) is 0 Å². The molecule has 0 fully saturated rings. The predicted octanol–water partition coefficient (Wildman–Crippen LogP) is 4.60. The molecule has 0 spiro atoms. The van der Waals surface area contributed by atoms with Gasteiger partial charge in [0.1, 0.15) is 0 Å². The zero-order valence-corrected chi connectivity index (χ0v) is 11.2. The lowest BCUT2D eigenvalue weighted by atomic mass is 9.97. The summed E-state index contributed by atoms with van der Waals surface area (Å²) in [4.78, 5) is 12.3. The molecule has 0 saturated carbocycles. The Morgan fingerprint density at radius 1 is 0.947 bits per heavy atom. The maximum Gasteiger partial charge on any atom is 0.163 e. The first-order chi connectivity index (χ1) is 9.31. The van der Waals surface area contributed by atoms with Crippen LogP contribution in [0, 0.1) is 0 Å². The Hall–Kier alpha value is -2.15. The van der Waals surface area contributed by atoms with Crippen molar-refractivity contribution in [3.05, 3.63) is 71.8 Å². The third-order valence-corrected chi connectivity index (χ3v) is 2.97. The lowest BCUT2D eigenvalue weighted by Gasteiger charge is -2.06. The van der Waals surface area contributed by atoms with E-state index in [4.69, 9.17) is 0 Å². The minimum absolute atomic E-state index is 0.206. The van der Waals surface area contributed by atoms with Crippen molar-refractivity contribution in [2.75, 3.05) is 0 Å². The molecular weight excluding hydrogens is 232 g/mol. The van der Waals surface area contributed by atoms with Gasteiger partial charge in [0.2, 0.25) is 0 Å². The molecule has 0 heterocycles. The summed E-state index contributed by atoms with van der Waals surface area (Å²) in [5.41, 5.74) is 2.85. The van der Waals surface area contributed by atoms with Crippen LogP contribution in [-0.4, -0.2) is 5.78 Å². The van der Waals surface area contributed by atoms with Gasteiger partial charge >= 0.3 is 0 Å². The summed E-state index contributed by atoms with van der Waals surface area (Å²) < 4.78 is 0. The van der Waals surface area contributed by atoms with Crippen LogP contribution in [0.3, 0.4) is 0 Å². The van der Waals surface area contributed by atoms with Crippen LogP contribution in [0.25, 0.3) is 11.6 Å². The molecule has 1 heteroatoms. The van der Waals surface area contributed by atoms with Crippen LogP contribution in [-0.2, 0) is 4.79 Å². The zero-order valence-electron chi connectivity index (χ0n) is 11.2. The molecule has 0 radical (unpaired) electrons. The van der Waals surface area contributed by atoms with Crippen LogP contribution >= 0.6 is 0 Å². The average Bonchev–Trinajstić information content (AvgIpc) is 2.47. The summed E-state index contributed by atoms with van der Waals surface area (Å²) in [5, 5.41) is 0. The molecule has 0 unspecified atom stereocenters. The van der Waals surface area contributed by atoms with Gasteiger partial charge in [0.15, 0.2) is 5.78 Å². The molecule has 0 saturated heterocycles. The van der Waals surface area contributed by atoms with Crippen LogP contribution in [0.2, 0.25) is 0 Å². The molecule has 0 N–H and O–H groups in total. The number of rotatable bonds is 5. The number of carbonyl (C=O) groups is 1. The van der Waals surface area contributed by atoms with Crippen LogP contribution in [0.15, 0.2) is 60.7 Å². The van der Waals surface area contributed by atoms with E-state index in [-0.39, 0.29) is 5.78 Å². The Morgan fingerprint density at radius 2 is 1.53 bits per heavy atom. The number of hydrogen-bond donors (Lipinski definition) is 0. The van der Waals surface area contributed by atoms with Gasteiger partial charge in [-0.25, -0.2) is 0 Å². The molecule has 1 nitrogen and oxygen atoms in total. The second kappa shape index (κ2) is 6.69. The Labute approximate surface area is 114 Å². The summed E-state index contributed by atoms with van der Waals surface area (Å²) in [6.07, 6.45) is 3.44. The van der Waals surface area contributed by atoms with Crippen LogP contribution in [0.1, 0.15) is 30.9 Å². The third kappa shape index (κ3) is 3.65. The minimum Gasteiger partial charge on any atom is -0.294 e. The van der Waals surface area contributed by atoms with E-state index in [1.54, 1.807) is 0 Å². The number of carbonyl (C=O) groups excluding carboxylic acids is 1. The minimum atomic E-state index is 0.206. The molecule has 0 aliphatic heterocycles. The van der Waals surface area contributed by atoms with E-state index >= 15 is 0 Å². The second-order valence-electron chi connectivity index (χ2n) is 4.51. The highest BCUT2D eigenvalue weighted by Crippen LogP contribution is 2.21. The molecular formula is C18H18O. The molecule has 2 rings (SSSR count). The third-order valence-electron chi connectivity index (χ3n) is 2.97. The lowest BCUT2D eigenvalue weighted by molar-refractivity contribution is -0.113. The van der Waals surface area contributed by atoms with Gasteiger partial charge < -0.3 is 0 Å². The summed E-state index contributed by atoms with van der Waals surface area (Å²) in [6.45, 7) is 2.03. The van der Waals surface area contributed by atoms with Crippen molar-refractivity contribution in [2.24, 2.45) is 0 Å². The van der Waals surface area contributed by atoms with Gasteiger partial charge in [-0.2, -0.15) is 0 Å². The van der Waals surface area contributed by atoms with Crippen LogP contribution < -0.4 is 0 Å². The van der Waals surface area contributed by atoms with Crippen molar-refractivity contribution < 1.29 is 4.79 Å². The molecule has 0 bridgehead atoms. The van der Waals surface area contributed by atoms with E-state index in [9.17, 15) is 4.79 Å². The van der Waals surface area contributed by atoms with Gasteiger partial charge in [0.25, 0.3) is 0 Å². The van der Waals surface area contributed by atoms with Gasteiger partial charge in [0, 0.05) is 12.0 Å².